The van der Waals surface area contributed by atoms with Gasteiger partial charge in [-0.05, 0) is 56.2 Å². The molecular weight excluding hydrogens is 406 g/mol. The first-order chi connectivity index (χ1) is 15.5. The third-order valence-corrected chi connectivity index (χ3v) is 5.65. The minimum Gasteiger partial charge on any atom is -0.497 e. The van der Waals surface area contributed by atoms with Crippen molar-refractivity contribution in [2.75, 3.05) is 25.5 Å². The molecule has 0 radical (unpaired) electrons. The summed E-state index contributed by atoms with van der Waals surface area (Å²) in [6.45, 7) is 3.09. The summed E-state index contributed by atoms with van der Waals surface area (Å²) in [7, 11) is 1.60. The molecule has 3 heterocycles. The number of piperidine rings is 1. The molecule has 3 aromatic rings. The van der Waals surface area contributed by atoms with Crippen LogP contribution in [0.4, 0.5) is 5.69 Å². The van der Waals surface area contributed by atoms with E-state index >= 15 is 0 Å². The quantitative estimate of drug-likeness (QED) is 0.664. The highest BCUT2D eigenvalue weighted by Crippen LogP contribution is 2.27. The second-order valence-corrected chi connectivity index (χ2v) is 7.72. The molecule has 1 N–H and O–H groups in total. The van der Waals surface area contributed by atoms with Gasteiger partial charge in [-0.25, -0.2) is 9.97 Å². The summed E-state index contributed by atoms with van der Waals surface area (Å²) in [6.07, 6.45) is 6.40. The molecule has 1 fully saturated rings. The first kappa shape index (κ1) is 21.4. The van der Waals surface area contributed by atoms with E-state index in [1.165, 1.54) is 0 Å². The summed E-state index contributed by atoms with van der Waals surface area (Å²) < 4.78 is 5.13. The highest BCUT2D eigenvalue weighted by Gasteiger charge is 2.27. The molecule has 0 saturated carbocycles. The van der Waals surface area contributed by atoms with Gasteiger partial charge < -0.3 is 15.0 Å². The monoisotopic (exact) mass is 431 g/mol. The lowest BCUT2D eigenvalue weighted by Gasteiger charge is -2.31. The zero-order chi connectivity index (χ0) is 22.5. The number of rotatable bonds is 5. The molecule has 4 rings (SSSR count). The van der Waals surface area contributed by atoms with Crippen molar-refractivity contribution in [3.63, 3.8) is 0 Å². The second-order valence-electron chi connectivity index (χ2n) is 7.72. The average Bonchev–Trinajstić information content (AvgIpc) is 2.84. The minimum absolute atomic E-state index is 0.000741. The van der Waals surface area contributed by atoms with E-state index in [2.05, 4.69) is 20.3 Å². The number of aryl methyl sites for hydroxylation is 1. The number of carbonyl (C=O) groups excluding carboxylic acids is 2. The molecule has 0 spiro atoms. The smallest absolute Gasteiger partial charge is 0.259 e. The number of amides is 2. The van der Waals surface area contributed by atoms with E-state index < -0.39 is 0 Å². The Labute approximate surface area is 186 Å². The third-order valence-electron chi connectivity index (χ3n) is 5.65. The Balaban J connectivity index is 1.38. The number of benzene rings is 1. The number of hydrogen-bond acceptors (Lipinski definition) is 6. The van der Waals surface area contributed by atoms with Gasteiger partial charge in [0.05, 0.1) is 23.9 Å². The SMILES string of the molecule is COc1ccc(NC(=O)c2cnc(C3CCN(C(=O)c4cccnc4)CC3)nc2C)cc1. The third kappa shape index (κ3) is 4.74. The first-order valence-corrected chi connectivity index (χ1v) is 10.5. The normalized spacial score (nSPS) is 14.1. The Hall–Kier alpha value is -3.81. The number of methoxy groups -OCH3 is 1. The fourth-order valence-electron chi connectivity index (χ4n) is 3.79. The highest BCUT2D eigenvalue weighted by atomic mass is 16.5. The van der Waals surface area contributed by atoms with Crippen molar-refractivity contribution in [2.45, 2.75) is 25.7 Å². The van der Waals surface area contributed by atoms with Crippen molar-refractivity contribution in [3.8, 4) is 5.75 Å². The zero-order valence-corrected chi connectivity index (χ0v) is 18.1. The Morgan fingerprint density at radius 3 is 2.47 bits per heavy atom. The van der Waals surface area contributed by atoms with Crippen LogP contribution in [0.3, 0.4) is 0 Å². The van der Waals surface area contributed by atoms with Gasteiger partial charge in [0.1, 0.15) is 11.6 Å². The summed E-state index contributed by atoms with van der Waals surface area (Å²) >= 11 is 0. The van der Waals surface area contributed by atoms with E-state index in [0.29, 0.717) is 35.6 Å². The van der Waals surface area contributed by atoms with Crippen molar-refractivity contribution >= 4 is 17.5 Å². The standard InChI is InChI=1S/C24H25N5O3/c1-16-21(23(30)28-19-5-7-20(32-2)8-6-19)15-26-22(27-16)17-9-12-29(13-10-17)24(31)18-4-3-11-25-14-18/h3-8,11,14-15,17H,9-10,12-13H2,1-2H3,(H,28,30). The lowest BCUT2D eigenvalue weighted by atomic mass is 9.95. The molecule has 1 saturated heterocycles. The Kier molecular flexibility index (Phi) is 6.39. The lowest BCUT2D eigenvalue weighted by molar-refractivity contribution is 0.0710. The summed E-state index contributed by atoms with van der Waals surface area (Å²) in [5.41, 5.74) is 2.35. The van der Waals surface area contributed by atoms with Crippen molar-refractivity contribution in [1.29, 1.82) is 0 Å². The van der Waals surface area contributed by atoms with Crippen LogP contribution in [0, 0.1) is 6.92 Å². The maximum absolute atomic E-state index is 12.7. The number of likely N-dealkylation sites (tertiary alicyclic amines) is 1. The van der Waals surface area contributed by atoms with Gasteiger partial charge in [0, 0.05) is 43.3 Å². The number of nitrogens with zero attached hydrogens (tertiary/aromatic N) is 4. The van der Waals surface area contributed by atoms with E-state index in [1.54, 1.807) is 62.1 Å². The minimum atomic E-state index is -0.254. The topological polar surface area (TPSA) is 97.3 Å². The van der Waals surface area contributed by atoms with Gasteiger partial charge in [0.15, 0.2) is 0 Å². The number of nitrogens with one attached hydrogen (secondary N) is 1. The lowest BCUT2D eigenvalue weighted by Crippen LogP contribution is -2.38. The molecule has 1 aromatic carbocycles. The van der Waals surface area contributed by atoms with E-state index in [4.69, 9.17) is 4.74 Å². The molecule has 1 aliphatic heterocycles. The van der Waals surface area contributed by atoms with Crippen molar-refractivity contribution in [3.05, 3.63) is 77.6 Å². The fraction of sp³-hybridized carbons (Fsp3) is 0.292. The fourth-order valence-corrected chi connectivity index (χ4v) is 3.79. The Morgan fingerprint density at radius 1 is 1.09 bits per heavy atom. The van der Waals surface area contributed by atoms with Gasteiger partial charge in [-0.1, -0.05) is 0 Å². The highest BCUT2D eigenvalue weighted by molar-refractivity contribution is 6.04. The predicted molar refractivity (Wildman–Crippen MR) is 120 cm³/mol. The predicted octanol–water partition coefficient (Wildman–Crippen LogP) is 3.46. The van der Waals surface area contributed by atoms with E-state index in [0.717, 1.165) is 24.4 Å². The number of pyridine rings is 1. The van der Waals surface area contributed by atoms with Gasteiger partial charge in [-0.15, -0.1) is 0 Å². The first-order valence-electron chi connectivity index (χ1n) is 10.5. The summed E-state index contributed by atoms with van der Waals surface area (Å²) in [6, 6.07) is 10.7. The number of carbonyl (C=O) groups is 2. The van der Waals surface area contributed by atoms with E-state index in [-0.39, 0.29) is 17.7 Å². The number of anilines is 1. The van der Waals surface area contributed by atoms with Crippen LogP contribution in [-0.2, 0) is 0 Å². The summed E-state index contributed by atoms with van der Waals surface area (Å²) in [5, 5.41) is 2.86. The summed E-state index contributed by atoms with van der Waals surface area (Å²) in [5.74, 6) is 1.35. The van der Waals surface area contributed by atoms with Crippen LogP contribution in [-0.4, -0.2) is 51.9 Å². The van der Waals surface area contributed by atoms with Crippen molar-refractivity contribution in [1.82, 2.24) is 19.9 Å². The molecule has 1 aliphatic rings. The van der Waals surface area contributed by atoms with Gasteiger partial charge in [0.25, 0.3) is 11.8 Å². The van der Waals surface area contributed by atoms with Crippen LogP contribution >= 0.6 is 0 Å². The molecule has 164 valence electrons. The largest absolute Gasteiger partial charge is 0.497 e. The molecule has 0 unspecified atom stereocenters. The van der Waals surface area contributed by atoms with Crippen LogP contribution in [0.25, 0.3) is 0 Å². The zero-order valence-electron chi connectivity index (χ0n) is 18.1. The number of aromatic nitrogens is 3. The molecule has 0 bridgehead atoms. The molecule has 32 heavy (non-hydrogen) atoms. The molecule has 8 heteroatoms. The van der Waals surface area contributed by atoms with E-state index in [1.807, 2.05) is 11.8 Å². The number of hydrogen-bond donors (Lipinski definition) is 1. The van der Waals surface area contributed by atoms with Crippen molar-refractivity contribution < 1.29 is 14.3 Å². The molecular formula is C24H25N5O3. The van der Waals surface area contributed by atoms with Gasteiger partial charge in [-0.2, -0.15) is 0 Å². The van der Waals surface area contributed by atoms with Crippen molar-refractivity contribution in [2.24, 2.45) is 0 Å². The van der Waals surface area contributed by atoms with Crippen LogP contribution in [0.1, 0.15) is 51.0 Å². The molecule has 2 aromatic heterocycles. The molecule has 0 aliphatic carbocycles. The summed E-state index contributed by atoms with van der Waals surface area (Å²) in [4.78, 5) is 40.2. The second kappa shape index (κ2) is 9.55. The maximum Gasteiger partial charge on any atom is 0.259 e. The van der Waals surface area contributed by atoms with Crippen LogP contribution in [0.2, 0.25) is 0 Å². The van der Waals surface area contributed by atoms with Gasteiger partial charge in [-0.3, -0.25) is 14.6 Å². The van der Waals surface area contributed by atoms with E-state index in [9.17, 15) is 9.59 Å². The molecule has 8 nitrogen and oxygen atoms in total. The molecule has 0 atom stereocenters. The van der Waals surface area contributed by atoms with Gasteiger partial charge >= 0.3 is 0 Å². The van der Waals surface area contributed by atoms with Gasteiger partial charge in [0.2, 0.25) is 0 Å². The van der Waals surface area contributed by atoms with Crippen LogP contribution in [0.5, 0.6) is 5.75 Å². The Morgan fingerprint density at radius 2 is 1.84 bits per heavy atom. The van der Waals surface area contributed by atoms with Crippen LogP contribution < -0.4 is 10.1 Å². The average molecular weight is 431 g/mol. The number of ether oxygens (including phenoxy) is 1. The molecule has 2 amide bonds. The van der Waals surface area contributed by atoms with Crippen LogP contribution in [0.15, 0.2) is 55.0 Å². The maximum atomic E-state index is 12.7. The Bertz CT molecular complexity index is 1090.